The number of nitro groups is 2. The van der Waals surface area contributed by atoms with Gasteiger partial charge in [-0.2, -0.15) is 10.2 Å². The number of phenols is 4. The Morgan fingerprint density at radius 1 is 0.415 bits per heavy atom. The molecule has 21 heteroatoms. The molecule has 1 radical (unpaired) electrons. The molecule has 0 aliphatic carbocycles. The van der Waals surface area contributed by atoms with Crippen molar-refractivity contribution in [2.75, 3.05) is 36.0 Å². The molecule has 0 amide bonds. The maximum absolute atomic E-state index is 11.1. The van der Waals surface area contributed by atoms with Gasteiger partial charge in [-0.05, 0) is 100 Å². The molecule has 0 aliphatic heterocycles. The van der Waals surface area contributed by atoms with Crippen LogP contribution in [0, 0.1) is 20.2 Å². The summed E-state index contributed by atoms with van der Waals surface area (Å²) in [4.78, 5) is 25.3. The predicted molar refractivity (Wildman–Crippen MR) is 242 cm³/mol. The van der Waals surface area contributed by atoms with Crippen LogP contribution in [-0.4, -0.2) is 56.5 Å². The predicted octanol–water partition coefficient (Wildman–Crippen LogP) is 13.4. The van der Waals surface area contributed by atoms with Crippen LogP contribution in [0.1, 0.15) is 27.7 Å². The molecule has 0 bridgehead atoms. The van der Waals surface area contributed by atoms with Gasteiger partial charge in [0.25, 0.3) is 11.4 Å². The summed E-state index contributed by atoms with van der Waals surface area (Å²) in [5.41, 5.74) is 2.94. The van der Waals surface area contributed by atoms with Gasteiger partial charge in [-0.3, -0.25) is 20.2 Å². The normalized spacial score (nSPS) is 11.1. The maximum Gasteiger partial charge on any atom is 0.296 e. The summed E-state index contributed by atoms with van der Waals surface area (Å²) in [7, 11) is 0. The Labute approximate surface area is 383 Å². The molecule has 4 N–H and O–H groups in total. The Kier molecular flexibility index (Phi) is 18.2. The second-order valence-corrected chi connectivity index (χ2v) is 13.3. The second kappa shape index (κ2) is 23.9. The van der Waals surface area contributed by atoms with Crippen LogP contribution in [0.25, 0.3) is 0 Å². The Hall–Kier alpha value is -8.17. The number of nitrogens with zero attached hydrogens (tertiary/aromatic N) is 12. The molecule has 6 rings (SSSR count). The van der Waals surface area contributed by atoms with Gasteiger partial charge in [-0.1, -0.05) is 24.3 Å². The number of aromatic hydroxyl groups is 4. The van der Waals surface area contributed by atoms with Crippen molar-refractivity contribution < 1.29 is 47.1 Å². The van der Waals surface area contributed by atoms with E-state index in [4.69, 9.17) is 0 Å². The van der Waals surface area contributed by atoms with Gasteiger partial charge in [0, 0.05) is 78.6 Å². The number of rotatable bonds is 16. The summed E-state index contributed by atoms with van der Waals surface area (Å²) >= 11 is 0. The summed E-state index contributed by atoms with van der Waals surface area (Å²) in [6.07, 6.45) is 0. The zero-order valence-corrected chi connectivity index (χ0v) is 36.5. The van der Waals surface area contributed by atoms with Crippen molar-refractivity contribution in [3.05, 3.63) is 142 Å². The first-order valence-corrected chi connectivity index (χ1v) is 19.8. The van der Waals surface area contributed by atoms with E-state index in [1.165, 1.54) is 60.7 Å². The fourth-order valence-corrected chi connectivity index (χ4v) is 5.92. The minimum atomic E-state index is -0.539. The van der Waals surface area contributed by atoms with Crippen LogP contribution in [0.5, 0.6) is 23.0 Å². The van der Waals surface area contributed by atoms with Crippen molar-refractivity contribution in [2.45, 2.75) is 27.7 Å². The van der Waals surface area contributed by atoms with Gasteiger partial charge in [-0.15, -0.1) is 30.7 Å². The minimum Gasteiger partial charge on any atom is -0.506 e. The van der Waals surface area contributed by atoms with E-state index in [1.807, 2.05) is 39.8 Å². The first-order chi connectivity index (χ1) is 30.8. The topological polar surface area (TPSA) is 273 Å². The van der Waals surface area contributed by atoms with Crippen LogP contribution in [0.2, 0.25) is 0 Å². The summed E-state index contributed by atoms with van der Waals surface area (Å²) in [6.45, 7) is 11.3. The average molecular weight is 928 g/mol. The summed E-state index contributed by atoms with van der Waals surface area (Å²) < 4.78 is 0. The zero-order valence-electron chi connectivity index (χ0n) is 35.5. The Bertz CT molecular complexity index is 2540. The van der Waals surface area contributed by atoms with Gasteiger partial charge < -0.3 is 30.2 Å². The van der Waals surface area contributed by atoms with Gasteiger partial charge >= 0.3 is 0 Å². The summed E-state index contributed by atoms with van der Waals surface area (Å²) in [5.74, 6) is -0.356. The van der Waals surface area contributed by atoms with E-state index < -0.39 is 9.85 Å². The fraction of sp³-hybridized carbons (Fsp3) is 0.182. The van der Waals surface area contributed by atoms with Crippen LogP contribution >= 0.6 is 0 Å². The van der Waals surface area contributed by atoms with Crippen molar-refractivity contribution in [1.82, 2.24) is 0 Å². The maximum atomic E-state index is 11.1. The van der Waals surface area contributed by atoms with Gasteiger partial charge in [0.15, 0.2) is 11.4 Å². The zero-order chi connectivity index (χ0) is 46.2. The second-order valence-electron chi connectivity index (χ2n) is 13.3. The third-order valence-electron chi connectivity index (χ3n) is 9.33. The number of azo groups is 4. The number of benzene rings is 6. The number of nitro benzene ring substituents is 2. The molecule has 0 aromatic heterocycles. The summed E-state index contributed by atoms with van der Waals surface area (Å²) in [6, 6.07) is 30.7. The molecule has 20 nitrogen and oxygen atoms in total. The van der Waals surface area contributed by atoms with Crippen LogP contribution in [-0.2, 0) is 16.8 Å². The van der Waals surface area contributed by atoms with E-state index in [0.717, 1.165) is 37.6 Å². The number of para-hydroxylation sites is 2. The van der Waals surface area contributed by atoms with Crippen LogP contribution < -0.4 is 9.80 Å². The molecule has 6 aromatic rings. The monoisotopic (exact) mass is 927 g/mol. The Morgan fingerprint density at radius 2 is 0.754 bits per heavy atom. The van der Waals surface area contributed by atoms with Crippen molar-refractivity contribution in [1.29, 1.82) is 0 Å². The molecular formula is C44H44CoN12O8. The molecule has 6 aromatic carbocycles. The van der Waals surface area contributed by atoms with E-state index >= 15 is 0 Å². The molecule has 337 valence electrons. The SMILES string of the molecule is CCN(CC)c1ccc(N=Nc2cc(N=Nc3ccccc3[N+](=O)[O-])ccc2O)c(O)c1.CCN(CC)c1ccc(N=Nc2cc(N=Nc3ccccc3[N+](=O)[O-])ccc2O)c(O)c1.[Co]. The molecule has 0 atom stereocenters. The van der Waals surface area contributed by atoms with E-state index in [2.05, 4.69) is 50.7 Å². The molecule has 0 saturated carbocycles. The van der Waals surface area contributed by atoms with Gasteiger partial charge in [0.2, 0.25) is 0 Å². The van der Waals surface area contributed by atoms with Crippen molar-refractivity contribution in [3.63, 3.8) is 0 Å². The van der Waals surface area contributed by atoms with E-state index in [1.54, 1.807) is 48.5 Å². The largest absolute Gasteiger partial charge is 0.506 e. The molecule has 0 heterocycles. The number of phenolic OH excluding ortho intramolecular Hbond substituents is 4. The van der Waals surface area contributed by atoms with Gasteiger partial charge in [-0.25, -0.2) is 0 Å². The number of hydrogen-bond acceptors (Lipinski definition) is 18. The molecule has 0 aliphatic rings. The Balaban J connectivity index is 0.000000280. The van der Waals surface area contributed by atoms with E-state index in [0.29, 0.717) is 11.4 Å². The molecule has 0 spiro atoms. The van der Waals surface area contributed by atoms with Crippen LogP contribution in [0.15, 0.2) is 162 Å². The minimum absolute atomic E-state index is 0. The van der Waals surface area contributed by atoms with Crippen molar-refractivity contribution in [2.24, 2.45) is 40.9 Å². The average Bonchev–Trinajstić information content (AvgIpc) is 3.29. The third-order valence-corrected chi connectivity index (χ3v) is 9.33. The summed E-state index contributed by atoms with van der Waals surface area (Å²) in [5, 5.41) is 94.8. The van der Waals surface area contributed by atoms with Crippen LogP contribution in [0.4, 0.5) is 68.2 Å². The molecule has 0 unspecified atom stereocenters. The first-order valence-electron chi connectivity index (χ1n) is 19.8. The number of anilines is 2. The van der Waals surface area contributed by atoms with E-state index in [9.17, 15) is 40.7 Å². The molecule has 0 fully saturated rings. The van der Waals surface area contributed by atoms with E-state index in [-0.39, 0.29) is 85.3 Å². The Morgan fingerprint density at radius 3 is 1.09 bits per heavy atom. The molecule has 65 heavy (non-hydrogen) atoms. The van der Waals surface area contributed by atoms with Gasteiger partial charge in [0.05, 0.1) is 21.2 Å². The third kappa shape index (κ3) is 13.4. The number of hydrogen-bond donors (Lipinski definition) is 4. The van der Waals surface area contributed by atoms with Crippen molar-refractivity contribution in [3.8, 4) is 23.0 Å². The molecule has 0 saturated heterocycles. The standard InChI is InChI=1S/2C22H22N6O4.Co/c2*1-3-27(4-2)16-10-11-18(22(30)14-16)25-26-19-13-15(9-12-21(19)29)23-24-17-7-5-6-8-20(17)28(31)32;/h2*5-14,29-30H,3-4H2,1-2H3;. The molecular weight excluding hydrogens is 883 g/mol. The van der Waals surface area contributed by atoms with Gasteiger partial charge in [0.1, 0.15) is 45.7 Å². The smallest absolute Gasteiger partial charge is 0.296 e. The van der Waals surface area contributed by atoms with Crippen molar-refractivity contribution >= 4 is 68.2 Å². The fourth-order valence-electron chi connectivity index (χ4n) is 5.92. The van der Waals surface area contributed by atoms with Crippen LogP contribution in [0.3, 0.4) is 0 Å². The first kappa shape index (κ1) is 49.5. The quantitative estimate of drug-likeness (QED) is 0.0405.